The van der Waals surface area contributed by atoms with Gasteiger partial charge in [0, 0.05) is 29.3 Å². The van der Waals surface area contributed by atoms with Crippen molar-refractivity contribution in [2.45, 2.75) is 12.8 Å². The first-order valence-corrected chi connectivity index (χ1v) is 6.69. The van der Waals surface area contributed by atoms with E-state index in [0.717, 1.165) is 11.1 Å². The highest BCUT2D eigenvalue weighted by Gasteiger charge is 2.20. The van der Waals surface area contributed by atoms with Gasteiger partial charge in [-0.1, -0.05) is 6.92 Å². The Morgan fingerprint density at radius 1 is 0.909 bits per heavy atom. The fraction of sp³-hybridized carbons (Fsp3) is 0.333. The van der Waals surface area contributed by atoms with Crippen molar-refractivity contribution in [1.29, 1.82) is 0 Å². The van der Waals surface area contributed by atoms with Crippen molar-refractivity contribution in [3.05, 3.63) is 29.5 Å². The molecule has 4 N–H and O–H groups in total. The fourth-order valence-electron chi connectivity index (χ4n) is 2.31. The average Bonchev–Trinajstić information content (AvgIpc) is 2.52. The number of rotatable bonds is 5. The minimum absolute atomic E-state index is 0.102. The molecule has 0 radical (unpaired) electrons. The number of methoxy groups -OCH3 is 3. The van der Waals surface area contributed by atoms with Gasteiger partial charge in [-0.2, -0.15) is 4.98 Å². The van der Waals surface area contributed by atoms with Crippen LogP contribution in [0.25, 0.3) is 0 Å². The van der Waals surface area contributed by atoms with E-state index in [0.29, 0.717) is 23.1 Å². The molecule has 1 aromatic heterocycles. The van der Waals surface area contributed by atoms with Gasteiger partial charge < -0.3 is 25.7 Å². The molecule has 0 bridgehead atoms. The Morgan fingerprint density at radius 3 is 2.05 bits per heavy atom. The zero-order chi connectivity index (χ0) is 16.3. The summed E-state index contributed by atoms with van der Waals surface area (Å²) in [4.78, 5) is 8.01. The van der Waals surface area contributed by atoms with E-state index < -0.39 is 0 Å². The molecule has 0 fully saturated rings. The normalized spacial score (nSPS) is 11.8. The van der Waals surface area contributed by atoms with E-state index in [1.54, 1.807) is 33.6 Å². The van der Waals surface area contributed by atoms with Gasteiger partial charge in [-0.25, -0.2) is 4.98 Å². The maximum absolute atomic E-state index is 5.95. The lowest BCUT2D eigenvalue weighted by Gasteiger charge is -2.19. The number of aromatic nitrogens is 2. The summed E-state index contributed by atoms with van der Waals surface area (Å²) in [6.07, 6.45) is 1.62. The zero-order valence-electron chi connectivity index (χ0n) is 13.1. The Balaban J connectivity index is 2.54. The number of nitrogens with two attached hydrogens (primary N) is 2. The SMILES string of the molecule is COc1cc(OC)c(C(C)c2cnc(N)nc2N)cc1OC. The van der Waals surface area contributed by atoms with E-state index >= 15 is 0 Å². The van der Waals surface area contributed by atoms with Gasteiger partial charge in [0.2, 0.25) is 5.95 Å². The summed E-state index contributed by atoms with van der Waals surface area (Å²) in [5, 5.41) is 0. The van der Waals surface area contributed by atoms with Crippen LogP contribution in [0.5, 0.6) is 17.2 Å². The molecule has 0 aliphatic heterocycles. The molecule has 1 aromatic carbocycles. The lowest BCUT2D eigenvalue weighted by molar-refractivity contribution is 0.347. The van der Waals surface area contributed by atoms with E-state index in [1.165, 1.54) is 0 Å². The smallest absolute Gasteiger partial charge is 0.221 e. The lowest BCUT2D eigenvalue weighted by Crippen LogP contribution is -2.08. The second-order valence-electron chi connectivity index (χ2n) is 4.74. The van der Waals surface area contributed by atoms with Crippen LogP contribution in [0.2, 0.25) is 0 Å². The molecule has 1 unspecified atom stereocenters. The molecular weight excluding hydrogens is 284 g/mol. The summed E-state index contributed by atoms with van der Waals surface area (Å²) in [5.74, 6) is 2.26. The van der Waals surface area contributed by atoms with Crippen LogP contribution in [0.3, 0.4) is 0 Å². The second kappa shape index (κ2) is 6.38. The van der Waals surface area contributed by atoms with Gasteiger partial charge in [0.15, 0.2) is 11.5 Å². The van der Waals surface area contributed by atoms with Crippen LogP contribution in [-0.2, 0) is 0 Å². The third-order valence-corrected chi connectivity index (χ3v) is 3.54. The topological polar surface area (TPSA) is 106 Å². The Hall–Kier alpha value is -2.70. The van der Waals surface area contributed by atoms with Crippen molar-refractivity contribution >= 4 is 11.8 Å². The van der Waals surface area contributed by atoms with Crippen molar-refractivity contribution in [1.82, 2.24) is 9.97 Å². The van der Waals surface area contributed by atoms with Gasteiger partial charge >= 0.3 is 0 Å². The number of anilines is 2. The lowest BCUT2D eigenvalue weighted by atomic mass is 9.93. The van der Waals surface area contributed by atoms with E-state index in [-0.39, 0.29) is 11.9 Å². The summed E-state index contributed by atoms with van der Waals surface area (Å²) < 4.78 is 16.1. The Bertz CT molecular complexity index is 676. The van der Waals surface area contributed by atoms with Crippen LogP contribution in [0.4, 0.5) is 11.8 Å². The molecule has 0 aliphatic carbocycles. The van der Waals surface area contributed by atoms with Crippen molar-refractivity contribution in [3.8, 4) is 17.2 Å². The molecule has 0 saturated carbocycles. The van der Waals surface area contributed by atoms with Gasteiger partial charge in [0.1, 0.15) is 11.6 Å². The Labute approximate surface area is 129 Å². The highest BCUT2D eigenvalue weighted by molar-refractivity contribution is 5.56. The molecule has 0 spiro atoms. The molecule has 2 aromatic rings. The molecule has 0 amide bonds. The minimum Gasteiger partial charge on any atom is -0.496 e. The third-order valence-electron chi connectivity index (χ3n) is 3.54. The first-order valence-electron chi connectivity index (χ1n) is 6.69. The summed E-state index contributed by atoms with van der Waals surface area (Å²) in [5.41, 5.74) is 13.1. The van der Waals surface area contributed by atoms with Crippen molar-refractivity contribution in [2.24, 2.45) is 0 Å². The maximum Gasteiger partial charge on any atom is 0.221 e. The molecule has 7 heteroatoms. The maximum atomic E-state index is 5.95. The van der Waals surface area contributed by atoms with Gasteiger partial charge in [-0.15, -0.1) is 0 Å². The summed E-state index contributed by atoms with van der Waals surface area (Å²) in [6, 6.07) is 3.64. The minimum atomic E-state index is -0.102. The van der Waals surface area contributed by atoms with Crippen LogP contribution in [0.1, 0.15) is 24.0 Å². The Kier molecular flexibility index (Phi) is 4.55. The molecule has 0 aliphatic rings. The third kappa shape index (κ3) is 2.83. The average molecular weight is 304 g/mol. The van der Waals surface area contributed by atoms with Gasteiger partial charge in [-0.05, 0) is 6.07 Å². The molecule has 118 valence electrons. The van der Waals surface area contributed by atoms with E-state index in [2.05, 4.69) is 9.97 Å². The molecule has 0 saturated heterocycles. The summed E-state index contributed by atoms with van der Waals surface area (Å²) >= 11 is 0. The molecule has 7 nitrogen and oxygen atoms in total. The van der Waals surface area contributed by atoms with Crippen molar-refractivity contribution < 1.29 is 14.2 Å². The van der Waals surface area contributed by atoms with Crippen LogP contribution in [0.15, 0.2) is 18.3 Å². The second-order valence-corrected chi connectivity index (χ2v) is 4.74. The molecular formula is C15H20N4O3. The van der Waals surface area contributed by atoms with E-state index in [4.69, 9.17) is 25.7 Å². The highest BCUT2D eigenvalue weighted by atomic mass is 16.5. The van der Waals surface area contributed by atoms with E-state index in [9.17, 15) is 0 Å². The number of hydrogen-bond donors (Lipinski definition) is 2. The molecule has 2 rings (SSSR count). The van der Waals surface area contributed by atoms with Crippen LogP contribution < -0.4 is 25.7 Å². The number of benzene rings is 1. The molecule has 22 heavy (non-hydrogen) atoms. The number of ether oxygens (including phenoxy) is 3. The zero-order valence-corrected chi connectivity index (χ0v) is 13.1. The van der Waals surface area contributed by atoms with Crippen molar-refractivity contribution in [3.63, 3.8) is 0 Å². The fourth-order valence-corrected chi connectivity index (χ4v) is 2.31. The molecule has 1 atom stereocenters. The van der Waals surface area contributed by atoms with Gasteiger partial charge in [0.05, 0.1) is 21.3 Å². The predicted molar refractivity (Wildman–Crippen MR) is 84.5 cm³/mol. The monoisotopic (exact) mass is 304 g/mol. The number of hydrogen-bond acceptors (Lipinski definition) is 7. The van der Waals surface area contributed by atoms with Crippen LogP contribution in [0, 0.1) is 0 Å². The van der Waals surface area contributed by atoms with Gasteiger partial charge in [-0.3, -0.25) is 0 Å². The van der Waals surface area contributed by atoms with E-state index in [1.807, 2.05) is 13.0 Å². The number of nitrogens with zero attached hydrogens (tertiary/aromatic N) is 2. The standard InChI is InChI=1S/C15H20N4O3/c1-8(10-7-18-15(17)19-14(10)16)9-5-12(21-3)13(22-4)6-11(9)20-2/h5-8H,1-4H3,(H4,16,17,18,19). The first kappa shape index (κ1) is 15.7. The highest BCUT2D eigenvalue weighted by Crippen LogP contribution is 2.40. The summed E-state index contributed by atoms with van der Waals surface area (Å²) in [7, 11) is 4.76. The molecule has 1 heterocycles. The van der Waals surface area contributed by atoms with Crippen molar-refractivity contribution in [2.75, 3.05) is 32.8 Å². The summed E-state index contributed by atoms with van der Waals surface area (Å²) in [6.45, 7) is 1.98. The number of nitrogen functional groups attached to an aromatic ring is 2. The van der Waals surface area contributed by atoms with Gasteiger partial charge in [0.25, 0.3) is 0 Å². The Morgan fingerprint density at radius 2 is 1.50 bits per heavy atom. The van der Waals surface area contributed by atoms with Crippen LogP contribution >= 0.6 is 0 Å². The predicted octanol–water partition coefficient (Wildman–Crippen LogP) is 1.82. The largest absolute Gasteiger partial charge is 0.496 e. The quantitative estimate of drug-likeness (QED) is 0.867. The van der Waals surface area contributed by atoms with Crippen LogP contribution in [-0.4, -0.2) is 31.3 Å². The first-order chi connectivity index (χ1) is 10.5.